The molecule has 0 saturated heterocycles. The van der Waals surface area contributed by atoms with Crippen molar-refractivity contribution in [2.75, 3.05) is 0 Å². The third kappa shape index (κ3) is 7.80. The SMILES string of the molecule is C=C(C)CCC(O)CCCCC. The third-order valence-corrected chi connectivity index (χ3v) is 2.05. The van der Waals surface area contributed by atoms with Crippen LogP contribution in [0.1, 0.15) is 52.4 Å². The normalized spacial score (nSPS) is 12.9. The van der Waals surface area contributed by atoms with E-state index in [1.54, 1.807) is 0 Å². The van der Waals surface area contributed by atoms with Gasteiger partial charge in [-0.25, -0.2) is 0 Å². The lowest BCUT2D eigenvalue weighted by Crippen LogP contribution is -2.05. The van der Waals surface area contributed by atoms with Crippen molar-refractivity contribution in [3.8, 4) is 0 Å². The van der Waals surface area contributed by atoms with Crippen LogP contribution in [0.3, 0.4) is 0 Å². The van der Waals surface area contributed by atoms with E-state index in [2.05, 4.69) is 13.5 Å². The molecule has 0 aliphatic heterocycles. The van der Waals surface area contributed by atoms with Crippen LogP contribution in [0.15, 0.2) is 12.2 Å². The highest BCUT2D eigenvalue weighted by molar-refractivity contribution is 4.88. The molecule has 0 heterocycles. The lowest BCUT2D eigenvalue weighted by molar-refractivity contribution is 0.151. The Bertz CT molecular complexity index is 118. The van der Waals surface area contributed by atoms with E-state index >= 15 is 0 Å². The van der Waals surface area contributed by atoms with Gasteiger partial charge in [0.1, 0.15) is 0 Å². The Morgan fingerprint density at radius 2 is 2.00 bits per heavy atom. The van der Waals surface area contributed by atoms with Gasteiger partial charge in [-0.2, -0.15) is 0 Å². The Morgan fingerprint density at radius 1 is 1.33 bits per heavy atom. The molecular formula is C11H22O. The standard InChI is InChI=1S/C11H22O/c1-4-5-6-7-11(12)9-8-10(2)3/h11-12H,2,4-9H2,1,3H3. The van der Waals surface area contributed by atoms with Crippen molar-refractivity contribution in [1.82, 2.24) is 0 Å². The maximum Gasteiger partial charge on any atom is 0.0543 e. The minimum atomic E-state index is -0.103. The van der Waals surface area contributed by atoms with Crippen molar-refractivity contribution in [3.05, 3.63) is 12.2 Å². The monoisotopic (exact) mass is 170 g/mol. The van der Waals surface area contributed by atoms with E-state index in [4.69, 9.17) is 0 Å². The molecule has 0 rings (SSSR count). The fourth-order valence-corrected chi connectivity index (χ4v) is 1.19. The summed E-state index contributed by atoms with van der Waals surface area (Å²) in [7, 11) is 0. The molecular weight excluding hydrogens is 148 g/mol. The van der Waals surface area contributed by atoms with Gasteiger partial charge in [-0.05, 0) is 26.2 Å². The van der Waals surface area contributed by atoms with Crippen LogP contribution in [0, 0.1) is 0 Å². The summed E-state index contributed by atoms with van der Waals surface area (Å²) in [6.07, 6.45) is 6.34. The van der Waals surface area contributed by atoms with Gasteiger partial charge in [-0.1, -0.05) is 31.8 Å². The fraction of sp³-hybridized carbons (Fsp3) is 0.818. The van der Waals surface area contributed by atoms with Crippen LogP contribution in [0.4, 0.5) is 0 Å². The average Bonchev–Trinajstić information content (AvgIpc) is 2.01. The molecule has 0 aliphatic rings. The maximum atomic E-state index is 9.48. The van der Waals surface area contributed by atoms with Gasteiger partial charge >= 0.3 is 0 Å². The first-order valence-corrected chi connectivity index (χ1v) is 4.99. The molecule has 72 valence electrons. The number of aliphatic hydroxyl groups excluding tert-OH is 1. The molecule has 1 atom stereocenters. The van der Waals surface area contributed by atoms with E-state index in [9.17, 15) is 5.11 Å². The molecule has 12 heavy (non-hydrogen) atoms. The van der Waals surface area contributed by atoms with Crippen molar-refractivity contribution < 1.29 is 5.11 Å². The van der Waals surface area contributed by atoms with Crippen LogP contribution < -0.4 is 0 Å². The quantitative estimate of drug-likeness (QED) is 0.459. The zero-order chi connectivity index (χ0) is 9.40. The number of allylic oxidation sites excluding steroid dienone is 1. The second-order valence-corrected chi connectivity index (χ2v) is 3.65. The molecule has 0 saturated carbocycles. The summed E-state index contributed by atoms with van der Waals surface area (Å²) in [6.45, 7) is 8.01. The zero-order valence-corrected chi connectivity index (χ0v) is 8.47. The van der Waals surface area contributed by atoms with Crippen molar-refractivity contribution in [2.45, 2.75) is 58.5 Å². The smallest absolute Gasteiger partial charge is 0.0543 e. The lowest BCUT2D eigenvalue weighted by atomic mass is 10.0. The molecule has 0 fully saturated rings. The Morgan fingerprint density at radius 3 is 2.50 bits per heavy atom. The molecule has 1 heteroatoms. The summed E-state index contributed by atoms with van der Waals surface area (Å²) >= 11 is 0. The number of hydrogen-bond acceptors (Lipinski definition) is 1. The number of rotatable bonds is 7. The van der Waals surface area contributed by atoms with Gasteiger partial charge in [0.15, 0.2) is 0 Å². The van der Waals surface area contributed by atoms with Crippen molar-refractivity contribution >= 4 is 0 Å². The molecule has 1 N–H and O–H groups in total. The largest absolute Gasteiger partial charge is 0.393 e. The first kappa shape index (κ1) is 11.7. The van der Waals surface area contributed by atoms with E-state index in [0.29, 0.717) is 0 Å². The molecule has 0 spiro atoms. The molecule has 0 bridgehead atoms. The number of aliphatic hydroxyl groups is 1. The Balaban J connectivity index is 3.21. The topological polar surface area (TPSA) is 20.2 Å². The number of unbranched alkanes of at least 4 members (excludes halogenated alkanes) is 2. The molecule has 0 aromatic heterocycles. The van der Waals surface area contributed by atoms with Crippen LogP contribution in [-0.4, -0.2) is 11.2 Å². The van der Waals surface area contributed by atoms with E-state index in [0.717, 1.165) is 25.7 Å². The van der Waals surface area contributed by atoms with Crippen LogP contribution in [0.5, 0.6) is 0 Å². The van der Waals surface area contributed by atoms with Crippen LogP contribution >= 0.6 is 0 Å². The van der Waals surface area contributed by atoms with E-state index < -0.39 is 0 Å². The van der Waals surface area contributed by atoms with Gasteiger partial charge in [0.05, 0.1) is 6.10 Å². The van der Waals surface area contributed by atoms with Gasteiger partial charge in [-0.15, -0.1) is 6.58 Å². The van der Waals surface area contributed by atoms with Crippen LogP contribution in [0.2, 0.25) is 0 Å². The van der Waals surface area contributed by atoms with Crippen molar-refractivity contribution in [3.63, 3.8) is 0 Å². The van der Waals surface area contributed by atoms with E-state index in [-0.39, 0.29) is 6.10 Å². The van der Waals surface area contributed by atoms with E-state index in [1.165, 1.54) is 18.4 Å². The second kappa shape index (κ2) is 7.35. The fourth-order valence-electron chi connectivity index (χ4n) is 1.19. The highest BCUT2D eigenvalue weighted by atomic mass is 16.3. The summed E-state index contributed by atoms with van der Waals surface area (Å²) < 4.78 is 0. The minimum Gasteiger partial charge on any atom is -0.393 e. The summed E-state index contributed by atoms with van der Waals surface area (Å²) in [5, 5.41) is 9.48. The predicted octanol–water partition coefficient (Wildman–Crippen LogP) is 3.28. The Kier molecular flexibility index (Phi) is 7.17. The molecule has 1 nitrogen and oxygen atoms in total. The molecule has 0 radical (unpaired) electrons. The molecule has 0 aromatic rings. The first-order valence-electron chi connectivity index (χ1n) is 4.99. The molecule has 1 unspecified atom stereocenters. The predicted molar refractivity (Wildman–Crippen MR) is 54.2 cm³/mol. The van der Waals surface area contributed by atoms with E-state index in [1.807, 2.05) is 6.92 Å². The van der Waals surface area contributed by atoms with Crippen molar-refractivity contribution in [2.24, 2.45) is 0 Å². The van der Waals surface area contributed by atoms with Gasteiger partial charge in [0.25, 0.3) is 0 Å². The molecule has 0 aliphatic carbocycles. The third-order valence-electron chi connectivity index (χ3n) is 2.05. The Labute approximate surface area is 76.5 Å². The summed E-state index contributed by atoms with van der Waals surface area (Å²) in [5.41, 5.74) is 1.17. The van der Waals surface area contributed by atoms with Gasteiger partial charge in [0.2, 0.25) is 0 Å². The maximum absolute atomic E-state index is 9.48. The first-order chi connectivity index (χ1) is 5.66. The van der Waals surface area contributed by atoms with Crippen molar-refractivity contribution in [1.29, 1.82) is 0 Å². The van der Waals surface area contributed by atoms with Gasteiger partial charge < -0.3 is 5.11 Å². The summed E-state index contributed by atoms with van der Waals surface area (Å²) in [5.74, 6) is 0. The van der Waals surface area contributed by atoms with Gasteiger partial charge in [-0.3, -0.25) is 0 Å². The van der Waals surface area contributed by atoms with Crippen LogP contribution in [0.25, 0.3) is 0 Å². The average molecular weight is 170 g/mol. The van der Waals surface area contributed by atoms with Crippen LogP contribution in [-0.2, 0) is 0 Å². The second-order valence-electron chi connectivity index (χ2n) is 3.65. The molecule has 0 amide bonds. The summed E-state index contributed by atoms with van der Waals surface area (Å²) in [4.78, 5) is 0. The lowest BCUT2D eigenvalue weighted by Gasteiger charge is -2.09. The summed E-state index contributed by atoms with van der Waals surface area (Å²) in [6, 6.07) is 0. The van der Waals surface area contributed by atoms with Gasteiger partial charge in [0, 0.05) is 0 Å². The minimum absolute atomic E-state index is 0.103. The Hall–Kier alpha value is -0.300. The number of hydrogen-bond donors (Lipinski definition) is 1. The zero-order valence-electron chi connectivity index (χ0n) is 8.47. The molecule has 0 aromatic carbocycles. The highest BCUT2D eigenvalue weighted by Gasteiger charge is 2.02. The highest BCUT2D eigenvalue weighted by Crippen LogP contribution is 2.10.